The van der Waals surface area contributed by atoms with E-state index in [-0.39, 0.29) is 34.7 Å². The Hall–Kier alpha value is -1.97. The minimum atomic E-state index is -3.76. The van der Waals surface area contributed by atoms with Crippen molar-refractivity contribution in [3.05, 3.63) is 58.1 Å². The number of hydrogen-bond acceptors (Lipinski definition) is 5. The van der Waals surface area contributed by atoms with Gasteiger partial charge >= 0.3 is 0 Å². The number of sulfonamides is 1. The highest BCUT2D eigenvalue weighted by Crippen LogP contribution is 2.30. The molecule has 0 radical (unpaired) electrons. The monoisotopic (exact) mass is 427 g/mol. The first-order chi connectivity index (χ1) is 12.7. The summed E-state index contributed by atoms with van der Waals surface area (Å²) in [6, 6.07) is 9.80. The van der Waals surface area contributed by atoms with Crippen LogP contribution in [0.3, 0.4) is 0 Å². The van der Waals surface area contributed by atoms with Crippen molar-refractivity contribution in [2.45, 2.75) is 23.9 Å². The lowest BCUT2D eigenvalue weighted by atomic mass is 10.2. The molecule has 1 fully saturated rings. The van der Waals surface area contributed by atoms with E-state index >= 15 is 0 Å². The summed E-state index contributed by atoms with van der Waals surface area (Å²) in [5.41, 5.74) is 1.11. The third-order valence-electron chi connectivity index (χ3n) is 4.11. The first-order valence-electron chi connectivity index (χ1n) is 7.84. The van der Waals surface area contributed by atoms with Crippen molar-refractivity contribution in [3.63, 3.8) is 0 Å². The van der Waals surface area contributed by atoms with Crippen LogP contribution < -0.4 is 15.4 Å². The highest BCUT2D eigenvalue weighted by Gasteiger charge is 2.39. The summed E-state index contributed by atoms with van der Waals surface area (Å²) in [6.45, 7) is 0.282. The van der Waals surface area contributed by atoms with Crippen LogP contribution in [0.5, 0.6) is 0 Å². The van der Waals surface area contributed by atoms with Crippen molar-refractivity contribution in [1.82, 2.24) is 5.32 Å². The summed E-state index contributed by atoms with van der Waals surface area (Å²) in [5.74, 6) is -0.736. The maximum Gasteiger partial charge on any atom is 0.251 e. The molecule has 1 atom stereocenters. The smallest absolute Gasteiger partial charge is 0.251 e. The molecule has 2 aromatic rings. The Balaban J connectivity index is 1.69. The summed E-state index contributed by atoms with van der Waals surface area (Å²) in [5, 5.41) is 8.65. The number of anilines is 1. The summed E-state index contributed by atoms with van der Waals surface area (Å²) in [6.07, 6.45) is 0.00828. The second-order valence-electron chi connectivity index (χ2n) is 5.99. The van der Waals surface area contributed by atoms with Gasteiger partial charge in [0.05, 0.1) is 33.1 Å². The quantitative estimate of drug-likeness (QED) is 0.709. The van der Waals surface area contributed by atoms with E-state index in [1.807, 2.05) is 0 Å². The number of imide groups is 1. The average Bonchev–Trinajstić information content (AvgIpc) is 2.89. The molecule has 1 aliphatic heterocycles. The van der Waals surface area contributed by atoms with Crippen LogP contribution >= 0.6 is 23.2 Å². The van der Waals surface area contributed by atoms with E-state index < -0.39 is 16.1 Å². The Kier molecular flexibility index (Phi) is 5.55. The van der Waals surface area contributed by atoms with Gasteiger partial charge in [0.25, 0.3) is 5.91 Å². The van der Waals surface area contributed by atoms with Crippen molar-refractivity contribution in [1.29, 1.82) is 0 Å². The highest BCUT2D eigenvalue weighted by atomic mass is 35.5. The summed E-state index contributed by atoms with van der Waals surface area (Å²) in [7, 11) is -3.76. The first-order valence-corrected chi connectivity index (χ1v) is 10.1. The molecule has 2 amide bonds. The van der Waals surface area contributed by atoms with Gasteiger partial charge in [-0.05, 0) is 35.9 Å². The second-order valence-corrected chi connectivity index (χ2v) is 8.37. The molecular weight excluding hydrogens is 413 g/mol. The van der Waals surface area contributed by atoms with Crippen molar-refractivity contribution >= 4 is 50.7 Å². The molecule has 27 heavy (non-hydrogen) atoms. The molecule has 1 aliphatic rings. The number of nitrogens with one attached hydrogen (secondary N) is 1. The molecule has 7 nitrogen and oxygen atoms in total. The number of amides is 2. The third-order valence-corrected chi connectivity index (χ3v) is 5.78. The molecule has 0 saturated carbocycles. The van der Waals surface area contributed by atoms with Crippen molar-refractivity contribution < 1.29 is 18.0 Å². The Labute approximate surface area is 166 Å². The van der Waals surface area contributed by atoms with Gasteiger partial charge in [-0.15, -0.1) is 0 Å². The fourth-order valence-corrected chi connectivity index (χ4v) is 3.53. The van der Waals surface area contributed by atoms with Gasteiger partial charge in [-0.25, -0.2) is 18.5 Å². The van der Waals surface area contributed by atoms with E-state index in [2.05, 4.69) is 5.32 Å². The predicted molar refractivity (Wildman–Crippen MR) is 102 cm³/mol. The molecule has 2 aromatic carbocycles. The Morgan fingerprint density at radius 1 is 1.07 bits per heavy atom. The predicted octanol–water partition coefficient (Wildman–Crippen LogP) is 2.06. The Morgan fingerprint density at radius 3 is 2.33 bits per heavy atom. The minimum Gasteiger partial charge on any atom is -0.301 e. The number of carbonyl (C=O) groups excluding carboxylic acids is 2. The molecule has 3 N–H and O–H groups in total. The van der Waals surface area contributed by atoms with Crippen LogP contribution in [0, 0.1) is 0 Å². The van der Waals surface area contributed by atoms with Crippen LogP contribution in [-0.4, -0.2) is 26.3 Å². The van der Waals surface area contributed by atoms with Gasteiger partial charge in [0.1, 0.15) is 0 Å². The van der Waals surface area contributed by atoms with E-state index in [0.29, 0.717) is 10.7 Å². The molecule has 0 aromatic heterocycles. The molecule has 0 bridgehead atoms. The van der Waals surface area contributed by atoms with E-state index in [9.17, 15) is 18.0 Å². The number of nitrogens with two attached hydrogens (primary N) is 1. The second kappa shape index (κ2) is 7.57. The molecule has 1 saturated heterocycles. The SMILES string of the molecule is NS(=O)(=O)c1ccc(CN[C@@H]2CC(=O)N(c3ccc(Cl)c(Cl)c3)C2=O)cc1. The zero-order chi connectivity index (χ0) is 19.8. The number of rotatable bonds is 5. The van der Waals surface area contributed by atoms with E-state index in [0.717, 1.165) is 10.5 Å². The van der Waals surface area contributed by atoms with Crippen LogP contribution in [0.2, 0.25) is 10.0 Å². The fraction of sp³-hybridized carbons (Fsp3) is 0.176. The molecule has 142 valence electrons. The standard InChI is InChI=1S/C17H15Cl2N3O4S/c18-13-6-3-11(7-14(13)19)22-16(23)8-15(17(22)24)21-9-10-1-4-12(5-2-10)27(20,25)26/h1-7,15,21H,8-9H2,(H2,20,25,26)/t15-/m1/s1. The van der Waals surface area contributed by atoms with Crippen LogP contribution in [-0.2, 0) is 26.2 Å². The van der Waals surface area contributed by atoms with Gasteiger partial charge < -0.3 is 5.32 Å². The number of benzene rings is 2. The topological polar surface area (TPSA) is 110 Å². The maximum absolute atomic E-state index is 12.6. The van der Waals surface area contributed by atoms with Gasteiger partial charge in [0, 0.05) is 6.54 Å². The number of carbonyl (C=O) groups is 2. The van der Waals surface area contributed by atoms with Crippen molar-refractivity contribution in [2.24, 2.45) is 5.14 Å². The van der Waals surface area contributed by atoms with Gasteiger partial charge in [-0.2, -0.15) is 0 Å². The highest BCUT2D eigenvalue weighted by molar-refractivity contribution is 7.89. The molecule has 10 heteroatoms. The molecule has 1 heterocycles. The number of nitrogens with zero attached hydrogens (tertiary/aromatic N) is 1. The molecular formula is C17H15Cl2N3O4S. The lowest BCUT2D eigenvalue weighted by molar-refractivity contribution is -0.121. The maximum atomic E-state index is 12.6. The van der Waals surface area contributed by atoms with Crippen LogP contribution in [0.1, 0.15) is 12.0 Å². The Morgan fingerprint density at radius 2 is 1.74 bits per heavy atom. The van der Waals surface area contributed by atoms with E-state index in [1.54, 1.807) is 18.2 Å². The van der Waals surface area contributed by atoms with Crippen molar-refractivity contribution in [3.8, 4) is 0 Å². The molecule has 0 aliphatic carbocycles. The number of halogens is 2. The zero-order valence-corrected chi connectivity index (χ0v) is 16.2. The van der Waals surface area contributed by atoms with Gasteiger partial charge in [-0.1, -0.05) is 35.3 Å². The summed E-state index contributed by atoms with van der Waals surface area (Å²) >= 11 is 11.8. The van der Waals surface area contributed by atoms with E-state index in [1.165, 1.54) is 24.3 Å². The fourth-order valence-electron chi connectivity index (χ4n) is 2.72. The number of primary sulfonamides is 1. The lowest BCUT2D eigenvalue weighted by Crippen LogP contribution is -2.38. The van der Waals surface area contributed by atoms with Crippen LogP contribution in [0.15, 0.2) is 47.4 Å². The van der Waals surface area contributed by atoms with Crippen LogP contribution in [0.25, 0.3) is 0 Å². The van der Waals surface area contributed by atoms with Gasteiger partial charge in [0.15, 0.2) is 0 Å². The summed E-state index contributed by atoms with van der Waals surface area (Å²) < 4.78 is 22.5. The molecule has 0 spiro atoms. The largest absolute Gasteiger partial charge is 0.301 e. The molecule has 0 unspecified atom stereocenters. The molecule has 3 rings (SSSR count). The van der Waals surface area contributed by atoms with Crippen LogP contribution in [0.4, 0.5) is 5.69 Å². The lowest BCUT2D eigenvalue weighted by Gasteiger charge is -2.16. The van der Waals surface area contributed by atoms with Gasteiger partial charge in [-0.3, -0.25) is 9.59 Å². The van der Waals surface area contributed by atoms with Crippen molar-refractivity contribution in [2.75, 3.05) is 4.90 Å². The van der Waals surface area contributed by atoms with Gasteiger partial charge in [0.2, 0.25) is 15.9 Å². The normalized spacial score (nSPS) is 17.6. The minimum absolute atomic E-state index is 0.00385. The van der Waals surface area contributed by atoms with E-state index in [4.69, 9.17) is 28.3 Å². The summed E-state index contributed by atoms with van der Waals surface area (Å²) in [4.78, 5) is 25.9. The average molecular weight is 428 g/mol. The zero-order valence-electron chi connectivity index (χ0n) is 13.9. The number of hydrogen-bond donors (Lipinski definition) is 2. The third kappa shape index (κ3) is 4.31. The first kappa shape index (κ1) is 19.8. The Bertz CT molecular complexity index is 1010.